The molecule has 230 valence electrons. The van der Waals surface area contributed by atoms with Gasteiger partial charge in [0.05, 0.1) is 16.0 Å². The zero-order valence-corrected chi connectivity index (χ0v) is 24.7. The van der Waals surface area contributed by atoms with Crippen LogP contribution in [0.5, 0.6) is 0 Å². The van der Waals surface area contributed by atoms with E-state index in [1.54, 1.807) is 4.72 Å². The number of rotatable bonds is 7. The summed E-state index contributed by atoms with van der Waals surface area (Å²) >= 11 is 6.05. The molecule has 0 aromatic heterocycles. The molecule has 0 atom stereocenters. The lowest BCUT2D eigenvalue weighted by atomic mass is 9.99. The SMILES string of the molecule is Nc1ccc(S(=O)(=O)NC(=O)c2ccc(N3CCN(Cc4ccccc4-c4ccc(Cl)cc4)CC3)cc2F)cc1C(F)(F)F. The molecule has 0 spiro atoms. The largest absolute Gasteiger partial charge is 0.418 e. The van der Waals surface area contributed by atoms with Crippen molar-refractivity contribution in [2.24, 2.45) is 0 Å². The van der Waals surface area contributed by atoms with Gasteiger partial charge in [-0.2, -0.15) is 13.2 Å². The van der Waals surface area contributed by atoms with Gasteiger partial charge < -0.3 is 10.6 Å². The van der Waals surface area contributed by atoms with E-state index in [0.29, 0.717) is 49.5 Å². The van der Waals surface area contributed by atoms with Crippen molar-refractivity contribution in [3.63, 3.8) is 0 Å². The Labute approximate surface area is 256 Å². The van der Waals surface area contributed by atoms with Crippen molar-refractivity contribution >= 4 is 38.9 Å². The van der Waals surface area contributed by atoms with Gasteiger partial charge in [-0.3, -0.25) is 9.69 Å². The minimum absolute atomic E-state index is 0.320. The quantitative estimate of drug-likeness (QED) is 0.184. The van der Waals surface area contributed by atoms with E-state index in [9.17, 15) is 26.4 Å². The highest BCUT2D eigenvalue weighted by molar-refractivity contribution is 7.90. The van der Waals surface area contributed by atoms with E-state index in [1.165, 1.54) is 6.07 Å². The summed E-state index contributed by atoms with van der Waals surface area (Å²) in [5.74, 6) is -2.29. The van der Waals surface area contributed by atoms with E-state index >= 15 is 4.39 Å². The van der Waals surface area contributed by atoms with E-state index in [2.05, 4.69) is 17.0 Å². The molecule has 7 nitrogen and oxygen atoms in total. The predicted molar refractivity (Wildman–Crippen MR) is 161 cm³/mol. The van der Waals surface area contributed by atoms with Gasteiger partial charge in [-0.15, -0.1) is 0 Å². The minimum atomic E-state index is -4.91. The van der Waals surface area contributed by atoms with Gasteiger partial charge in [-0.1, -0.05) is 48.0 Å². The van der Waals surface area contributed by atoms with Crippen LogP contribution in [0.25, 0.3) is 11.1 Å². The Bertz CT molecular complexity index is 1790. The first kappa shape index (κ1) is 31.3. The summed E-state index contributed by atoms with van der Waals surface area (Å²) < 4.78 is 81.5. The van der Waals surface area contributed by atoms with E-state index in [0.717, 1.165) is 41.0 Å². The third-order valence-electron chi connectivity index (χ3n) is 7.37. The highest BCUT2D eigenvalue weighted by Crippen LogP contribution is 2.35. The average molecular weight is 647 g/mol. The number of carbonyl (C=O) groups excluding carboxylic acids is 1. The Balaban J connectivity index is 1.23. The first-order valence-electron chi connectivity index (χ1n) is 13.5. The molecule has 1 saturated heterocycles. The number of halogens is 5. The molecule has 0 aliphatic carbocycles. The number of benzene rings is 4. The highest BCUT2D eigenvalue weighted by atomic mass is 35.5. The molecule has 1 heterocycles. The van der Waals surface area contributed by atoms with Gasteiger partial charge in [-0.05, 0) is 65.2 Å². The molecular weight excluding hydrogens is 620 g/mol. The maximum Gasteiger partial charge on any atom is 0.418 e. The summed E-state index contributed by atoms with van der Waals surface area (Å²) in [6, 6.07) is 21.5. The van der Waals surface area contributed by atoms with Crippen molar-refractivity contribution in [3.8, 4) is 11.1 Å². The number of nitrogens with zero attached hydrogens (tertiary/aromatic N) is 2. The van der Waals surface area contributed by atoms with Crippen molar-refractivity contribution < 1.29 is 30.8 Å². The Hall–Kier alpha value is -4.13. The van der Waals surface area contributed by atoms with Crippen molar-refractivity contribution in [1.82, 2.24) is 9.62 Å². The molecule has 4 aromatic carbocycles. The second kappa shape index (κ2) is 12.5. The lowest BCUT2D eigenvalue weighted by molar-refractivity contribution is -0.137. The zero-order chi connectivity index (χ0) is 31.6. The standard InChI is InChI=1S/C31H27ClF4N4O3S/c32-22-7-5-20(6-8-22)25-4-2-1-3-21(25)19-39-13-15-40(16-14-39)23-9-11-26(28(33)17-23)30(41)38-44(42,43)24-10-12-29(37)27(18-24)31(34,35)36/h1-12,17-18H,13-16,19,37H2,(H,38,41). The van der Waals surface area contributed by atoms with E-state index < -0.39 is 49.6 Å². The Morgan fingerprint density at radius 2 is 1.59 bits per heavy atom. The van der Waals surface area contributed by atoms with Crippen LogP contribution in [0.1, 0.15) is 21.5 Å². The molecule has 44 heavy (non-hydrogen) atoms. The minimum Gasteiger partial charge on any atom is -0.398 e. The maximum absolute atomic E-state index is 15.0. The number of piperazine rings is 1. The predicted octanol–water partition coefficient (Wildman–Crippen LogP) is 6.19. The van der Waals surface area contributed by atoms with Crippen LogP contribution in [0.4, 0.5) is 28.9 Å². The number of anilines is 2. The number of carbonyl (C=O) groups is 1. The van der Waals surface area contributed by atoms with E-state index in [-0.39, 0.29) is 0 Å². The summed E-state index contributed by atoms with van der Waals surface area (Å²) in [4.78, 5) is 16.1. The number of hydrogen-bond acceptors (Lipinski definition) is 6. The molecule has 0 radical (unpaired) electrons. The van der Waals surface area contributed by atoms with Crippen LogP contribution in [0, 0.1) is 5.82 Å². The molecule has 0 unspecified atom stereocenters. The van der Waals surface area contributed by atoms with E-state index in [1.807, 2.05) is 41.3 Å². The number of nitrogens with two attached hydrogens (primary N) is 1. The second-order valence-electron chi connectivity index (χ2n) is 10.3. The average Bonchev–Trinajstić information content (AvgIpc) is 2.97. The fraction of sp³-hybridized carbons (Fsp3) is 0.194. The van der Waals surface area contributed by atoms with Crippen LogP contribution in [-0.4, -0.2) is 45.4 Å². The molecule has 5 rings (SSSR count). The molecule has 13 heteroatoms. The number of nitrogens with one attached hydrogen (secondary N) is 1. The van der Waals surface area contributed by atoms with Crippen LogP contribution in [-0.2, 0) is 22.7 Å². The maximum atomic E-state index is 15.0. The molecule has 1 amide bonds. The van der Waals surface area contributed by atoms with Crippen LogP contribution in [0.15, 0.2) is 89.8 Å². The van der Waals surface area contributed by atoms with E-state index in [4.69, 9.17) is 17.3 Å². The van der Waals surface area contributed by atoms with Crippen molar-refractivity contribution in [1.29, 1.82) is 0 Å². The fourth-order valence-corrected chi connectivity index (χ4v) is 6.16. The molecule has 3 N–H and O–H groups in total. The number of alkyl halides is 3. The molecular formula is C31H27ClF4N4O3S. The van der Waals surface area contributed by atoms with Crippen LogP contribution in [0.3, 0.4) is 0 Å². The van der Waals surface area contributed by atoms with Gasteiger partial charge in [0.25, 0.3) is 15.9 Å². The molecule has 4 aromatic rings. The lowest BCUT2D eigenvalue weighted by Gasteiger charge is -2.36. The molecule has 0 bridgehead atoms. The summed E-state index contributed by atoms with van der Waals surface area (Å²) in [6.07, 6.45) is -4.91. The van der Waals surface area contributed by atoms with Gasteiger partial charge in [0.1, 0.15) is 5.82 Å². The van der Waals surface area contributed by atoms with Gasteiger partial charge in [0, 0.05) is 49.1 Å². The van der Waals surface area contributed by atoms with Crippen molar-refractivity contribution in [2.45, 2.75) is 17.6 Å². The summed E-state index contributed by atoms with van der Waals surface area (Å²) in [6.45, 7) is 3.27. The van der Waals surface area contributed by atoms with Crippen LogP contribution in [0.2, 0.25) is 5.02 Å². The first-order chi connectivity index (χ1) is 20.8. The van der Waals surface area contributed by atoms with Gasteiger partial charge >= 0.3 is 6.18 Å². The van der Waals surface area contributed by atoms with Gasteiger partial charge in [0.15, 0.2) is 0 Å². The molecule has 1 fully saturated rings. The first-order valence-corrected chi connectivity index (χ1v) is 15.3. The Morgan fingerprint density at radius 3 is 2.25 bits per heavy atom. The van der Waals surface area contributed by atoms with Crippen LogP contribution >= 0.6 is 11.6 Å². The number of nitrogen functional groups attached to an aromatic ring is 1. The fourth-order valence-electron chi connectivity index (χ4n) is 5.04. The van der Waals surface area contributed by atoms with Crippen molar-refractivity contribution in [2.75, 3.05) is 36.8 Å². The Morgan fingerprint density at radius 1 is 0.909 bits per heavy atom. The molecule has 1 aliphatic rings. The highest BCUT2D eigenvalue weighted by Gasteiger charge is 2.34. The number of amides is 1. The third kappa shape index (κ3) is 6.98. The van der Waals surface area contributed by atoms with Gasteiger partial charge in [-0.25, -0.2) is 17.5 Å². The molecule has 0 saturated carbocycles. The normalized spacial score (nSPS) is 14.4. The number of hydrogen-bond donors (Lipinski definition) is 2. The Kier molecular flexibility index (Phi) is 8.87. The lowest BCUT2D eigenvalue weighted by Crippen LogP contribution is -2.46. The summed E-state index contributed by atoms with van der Waals surface area (Å²) in [5.41, 5.74) is 6.56. The second-order valence-corrected chi connectivity index (χ2v) is 12.4. The topological polar surface area (TPSA) is 95.7 Å². The van der Waals surface area contributed by atoms with Crippen molar-refractivity contribution in [3.05, 3.63) is 112 Å². The number of sulfonamides is 1. The molecule has 1 aliphatic heterocycles. The monoisotopic (exact) mass is 646 g/mol. The van der Waals surface area contributed by atoms with Crippen LogP contribution < -0.4 is 15.4 Å². The summed E-state index contributed by atoms with van der Waals surface area (Å²) in [5, 5.41) is 0.665. The summed E-state index contributed by atoms with van der Waals surface area (Å²) in [7, 11) is -4.75. The third-order valence-corrected chi connectivity index (χ3v) is 8.95. The zero-order valence-electron chi connectivity index (χ0n) is 23.1. The smallest absolute Gasteiger partial charge is 0.398 e. The van der Waals surface area contributed by atoms with Gasteiger partial charge in [0.2, 0.25) is 0 Å².